The zero-order valence-electron chi connectivity index (χ0n) is 14.0. The fraction of sp³-hybridized carbons (Fsp3) is 0.0870. The summed E-state index contributed by atoms with van der Waals surface area (Å²) in [6.45, 7) is 0. The minimum absolute atomic E-state index is 0.000174. The lowest BCUT2D eigenvalue weighted by molar-refractivity contribution is 0.103. The first-order chi connectivity index (χ1) is 12.3. The Bertz CT molecular complexity index is 939. The fourth-order valence-electron chi connectivity index (χ4n) is 3.44. The van der Waals surface area contributed by atoms with E-state index in [1.54, 1.807) is 11.8 Å². The number of fused-ring (bicyclic) bond motifs is 1. The minimum Gasteiger partial charge on any atom is -0.289 e. The van der Waals surface area contributed by atoms with Crippen LogP contribution in [0.2, 0.25) is 0 Å². The third-order valence-corrected chi connectivity index (χ3v) is 5.40. The van der Waals surface area contributed by atoms with Crippen molar-refractivity contribution in [2.75, 3.05) is 6.26 Å². The van der Waals surface area contributed by atoms with Crippen LogP contribution in [0.25, 0.3) is 6.08 Å². The Kier molecular flexibility index (Phi) is 4.29. The molecule has 0 aromatic heterocycles. The Hall–Kier alpha value is -2.58. The molecule has 0 heterocycles. The molecule has 0 spiro atoms. The molecule has 3 aromatic rings. The van der Waals surface area contributed by atoms with Crippen molar-refractivity contribution >= 4 is 23.6 Å². The lowest BCUT2D eigenvalue weighted by Crippen LogP contribution is -2.02. The van der Waals surface area contributed by atoms with Gasteiger partial charge in [-0.2, -0.15) is 0 Å². The molecule has 0 bridgehead atoms. The number of ketones is 1. The van der Waals surface area contributed by atoms with E-state index in [9.17, 15) is 4.79 Å². The maximum absolute atomic E-state index is 13.0. The van der Waals surface area contributed by atoms with Crippen molar-refractivity contribution in [1.29, 1.82) is 0 Å². The van der Waals surface area contributed by atoms with Crippen molar-refractivity contribution in [3.63, 3.8) is 0 Å². The van der Waals surface area contributed by atoms with Crippen molar-refractivity contribution in [2.24, 2.45) is 0 Å². The molecular formula is C23H18OS. The number of benzene rings is 3. The zero-order valence-corrected chi connectivity index (χ0v) is 14.8. The predicted molar refractivity (Wildman–Crippen MR) is 105 cm³/mol. The molecular weight excluding hydrogens is 324 g/mol. The summed E-state index contributed by atoms with van der Waals surface area (Å²) >= 11 is 1.73. The summed E-state index contributed by atoms with van der Waals surface area (Å²) in [4.78, 5) is 14.3. The van der Waals surface area contributed by atoms with Gasteiger partial charge < -0.3 is 0 Å². The standard InChI is InChI=1S/C23H18OS/c1-25-18-13-11-17(12-14-18)22-19-9-5-6-10-20(19)23(24)21(22)15-16-7-3-2-4-8-16/h2-15,22H,1H3/b21-15-. The van der Waals surface area contributed by atoms with Crippen LogP contribution in [0.4, 0.5) is 0 Å². The first kappa shape index (κ1) is 15.9. The Morgan fingerprint density at radius 1 is 0.840 bits per heavy atom. The van der Waals surface area contributed by atoms with Crippen molar-refractivity contribution in [3.8, 4) is 0 Å². The van der Waals surface area contributed by atoms with Gasteiger partial charge in [0, 0.05) is 21.9 Å². The van der Waals surface area contributed by atoms with Crippen LogP contribution in [0, 0.1) is 0 Å². The van der Waals surface area contributed by atoms with Crippen molar-refractivity contribution in [1.82, 2.24) is 0 Å². The van der Waals surface area contributed by atoms with E-state index in [-0.39, 0.29) is 11.7 Å². The van der Waals surface area contributed by atoms with Crippen LogP contribution >= 0.6 is 11.8 Å². The van der Waals surface area contributed by atoms with Gasteiger partial charge in [-0.15, -0.1) is 11.8 Å². The van der Waals surface area contributed by atoms with Crippen molar-refractivity contribution in [2.45, 2.75) is 10.8 Å². The van der Waals surface area contributed by atoms with Gasteiger partial charge in [-0.1, -0.05) is 66.7 Å². The van der Waals surface area contributed by atoms with Gasteiger partial charge in [-0.25, -0.2) is 0 Å². The van der Waals surface area contributed by atoms with Crippen LogP contribution < -0.4 is 0 Å². The molecule has 0 radical (unpaired) electrons. The van der Waals surface area contributed by atoms with E-state index in [2.05, 4.69) is 36.6 Å². The molecule has 0 saturated heterocycles. The van der Waals surface area contributed by atoms with E-state index in [1.807, 2.05) is 54.6 Å². The molecule has 0 N–H and O–H groups in total. The second kappa shape index (κ2) is 6.73. The summed E-state index contributed by atoms with van der Waals surface area (Å²) in [6.07, 6.45) is 4.11. The number of rotatable bonds is 3. The van der Waals surface area contributed by atoms with Crippen molar-refractivity contribution < 1.29 is 4.79 Å². The fourth-order valence-corrected chi connectivity index (χ4v) is 3.85. The highest BCUT2D eigenvalue weighted by Crippen LogP contribution is 2.43. The highest BCUT2D eigenvalue weighted by atomic mass is 32.2. The minimum atomic E-state index is -0.000174. The molecule has 0 saturated carbocycles. The molecule has 0 amide bonds. The molecule has 1 atom stereocenters. The van der Waals surface area contributed by atoms with Crippen LogP contribution in [0.1, 0.15) is 33.0 Å². The Morgan fingerprint density at radius 2 is 1.52 bits per heavy atom. The van der Waals surface area contributed by atoms with Gasteiger partial charge >= 0.3 is 0 Å². The summed E-state index contributed by atoms with van der Waals surface area (Å²) in [5.74, 6) is 0.137. The number of hydrogen-bond acceptors (Lipinski definition) is 2. The average Bonchev–Trinajstić information content (AvgIpc) is 2.95. The molecule has 1 aliphatic carbocycles. The lowest BCUT2D eigenvalue weighted by Gasteiger charge is -2.14. The third-order valence-electron chi connectivity index (χ3n) is 4.66. The first-order valence-corrected chi connectivity index (χ1v) is 9.54. The van der Waals surface area contributed by atoms with Crippen LogP contribution in [0.15, 0.2) is 89.3 Å². The second-order valence-electron chi connectivity index (χ2n) is 6.13. The lowest BCUT2D eigenvalue weighted by atomic mass is 9.89. The monoisotopic (exact) mass is 342 g/mol. The normalized spacial score (nSPS) is 17.7. The van der Waals surface area contributed by atoms with Gasteiger partial charge in [-0.05, 0) is 41.2 Å². The molecule has 0 aliphatic heterocycles. The molecule has 0 fully saturated rings. The van der Waals surface area contributed by atoms with E-state index in [0.29, 0.717) is 0 Å². The third kappa shape index (κ3) is 2.94. The van der Waals surface area contributed by atoms with Crippen LogP contribution in [0.3, 0.4) is 0 Å². The van der Waals surface area contributed by atoms with Crippen LogP contribution in [-0.4, -0.2) is 12.0 Å². The maximum Gasteiger partial charge on any atom is 0.190 e. The average molecular weight is 342 g/mol. The molecule has 1 aliphatic rings. The summed E-state index contributed by atoms with van der Waals surface area (Å²) in [5, 5.41) is 0. The van der Waals surface area contributed by atoms with E-state index >= 15 is 0 Å². The Balaban J connectivity index is 1.87. The number of hydrogen-bond donors (Lipinski definition) is 0. The Labute approximate surface area is 152 Å². The summed E-state index contributed by atoms with van der Waals surface area (Å²) in [7, 11) is 0. The zero-order chi connectivity index (χ0) is 17.2. The van der Waals surface area contributed by atoms with E-state index in [1.165, 1.54) is 10.5 Å². The number of allylic oxidation sites excluding steroid dienone is 1. The second-order valence-corrected chi connectivity index (χ2v) is 7.01. The molecule has 122 valence electrons. The van der Waals surface area contributed by atoms with Gasteiger partial charge in [0.15, 0.2) is 5.78 Å². The summed E-state index contributed by atoms with van der Waals surface area (Å²) in [5.41, 5.74) is 5.00. The molecule has 2 heteroatoms. The van der Waals surface area contributed by atoms with E-state index < -0.39 is 0 Å². The quantitative estimate of drug-likeness (QED) is 0.441. The van der Waals surface area contributed by atoms with Gasteiger partial charge in [0.25, 0.3) is 0 Å². The van der Waals surface area contributed by atoms with Gasteiger partial charge in [0.05, 0.1) is 0 Å². The molecule has 25 heavy (non-hydrogen) atoms. The molecule has 1 unspecified atom stereocenters. The number of carbonyl (C=O) groups is 1. The van der Waals surface area contributed by atoms with Crippen LogP contribution in [-0.2, 0) is 0 Å². The van der Waals surface area contributed by atoms with Gasteiger partial charge in [0.2, 0.25) is 0 Å². The summed E-state index contributed by atoms with van der Waals surface area (Å²) in [6, 6.07) is 26.6. The summed E-state index contributed by atoms with van der Waals surface area (Å²) < 4.78 is 0. The largest absolute Gasteiger partial charge is 0.289 e. The predicted octanol–water partition coefficient (Wildman–Crippen LogP) is 5.82. The van der Waals surface area contributed by atoms with E-state index in [0.717, 1.165) is 22.3 Å². The smallest absolute Gasteiger partial charge is 0.190 e. The highest BCUT2D eigenvalue weighted by Gasteiger charge is 2.35. The van der Waals surface area contributed by atoms with E-state index in [4.69, 9.17) is 0 Å². The molecule has 1 nitrogen and oxygen atoms in total. The highest BCUT2D eigenvalue weighted by molar-refractivity contribution is 7.98. The van der Waals surface area contributed by atoms with Gasteiger partial charge in [0.1, 0.15) is 0 Å². The molecule has 4 rings (SSSR count). The number of thioether (sulfide) groups is 1. The topological polar surface area (TPSA) is 17.1 Å². The maximum atomic E-state index is 13.0. The number of Topliss-reactive ketones (excluding diaryl/α,β-unsaturated/α-hetero) is 1. The van der Waals surface area contributed by atoms with Crippen molar-refractivity contribution in [3.05, 3.63) is 107 Å². The first-order valence-electron chi connectivity index (χ1n) is 8.32. The van der Waals surface area contributed by atoms with Crippen LogP contribution in [0.5, 0.6) is 0 Å². The molecule has 3 aromatic carbocycles. The van der Waals surface area contributed by atoms with Gasteiger partial charge in [-0.3, -0.25) is 4.79 Å². The SMILES string of the molecule is CSc1ccc(C2/C(=C/c3ccccc3)C(=O)c3ccccc32)cc1. The number of carbonyl (C=O) groups excluding carboxylic acids is 1. The Morgan fingerprint density at radius 3 is 2.24 bits per heavy atom.